The molecule has 1 aromatic rings. The van der Waals surface area contributed by atoms with Crippen molar-refractivity contribution in [3.8, 4) is 6.07 Å². The highest BCUT2D eigenvalue weighted by atomic mass is 79.9. The first-order chi connectivity index (χ1) is 11.4. The highest BCUT2D eigenvalue weighted by Crippen LogP contribution is 2.31. The predicted molar refractivity (Wildman–Crippen MR) is 87.7 cm³/mol. The van der Waals surface area contributed by atoms with E-state index in [2.05, 4.69) is 27.0 Å². The third kappa shape index (κ3) is 3.51. The molecule has 3 heterocycles. The fraction of sp³-hybridized carbons (Fsp3) is 0.562. The first-order valence-electron chi connectivity index (χ1n) is 7.87. The number of pyridine rings is 1. The van der Waals surface area contributed by atoms with Gasteiger partial charge in [0.15, 0.2) is 0 Å². The molecule has 2 fully saturated rings. The van der Waals surface area contributed by atoms with Crippen LogP contribution in [-0.2, 0) is 4.79 Å². The SMILES string of the molecule is N#Cc1cc(Br)cnc1N1CCC(C(=O)N2CCC(F)(F)CC2)C1. The van der Waals surface area contributed by atoms with Gasteiger partial charge in [0.2, 0.25) is 5.91 Å². The summed E-state index contributed by atoms with van der Waals surface area (Å²) in [4.78, 5) is 20.3. The summed E-state index contributed by atoms with van der Waals surface area (Å²) < 4.78 is 27.2. The van der Waals surface area contributed by atoms with Gasteiger partial charge in [-0.2, -0.15) is 5.26 Å². The van der Waals surface area contributed by atoms with Crippen LogP contribution in [0.25, 0.3) is 0 Å². The summed E-state index contributed by atoms with van der Waals surface area (Å²) in [5.41, 5.74) is 0.454. The number of rotatable bonds is 2. The number of halogens is 3. The molecule has 0 N–H and O–H groups in total. The Morgan fingerprint density at radius 2 is 2.08 bits per heavy atom. The predicted octanol–water partition coefficient (Wildman–Crippen LogP) is 2.80. The second-order valence-corrected chi connectivity index (χ2v) is 7.17. The van der Waals surface area contributed by atoms with E-state index in [1.54, 1.807) is 17.2 Å². The van der Waals surface area contributed by atoms with Gasteiger partial charge in [-0.15, -0.1) is 0 Å². The zero-order chi connectivity index (χ0) is 17.3. The third-order valence-corrected chi connectivity index (χ3v) is 5.03. The number of likely N-dealkylation sites (tertiary alicyclic amines) is 1. The second kappa shape index (κ2) is 6.63. The van der Waals surface area contributed by atoms with Gasteiger partial charge in [0, 0.05) is 49.7 Å². The lowest BCUT2D eigenvalue weighted by molar-refractivity contribution is -0.140. The van der Waals surface area contributed by atoms with Crippen molar-refractivity contribution >= 4 is 27.7 Å². The van der Waals surface area contributed by atoms with Crippen LogP contribution in [0, 0.1) is 17.2 Å². The monoisotopic (exact) mass is 398 g/mol. The summed E-state index contributed by atoms with van der Waals surface area (Å²) in [6.45, 7) is 1.32. The van der Waals surface area contributed by atoms with E-state index in [-0.39, 0.29) is 37.8 Å². The molecule has 0 saturated carbocycles. The number of hydrogen-bond donors (Lipinski definition) is 0. The average Bonchev–Trinajstić information content (AvgIpc) is 3.03. The fourth-order valence-corrected chi connectivity index (χ4v) is 3.56. The molecule has 8 heteroatoms. The fourth-order valence-electron chi connectivity index (χ4n) is 3.23. The lowest BCUT2D eigenvalue weighted by atomic mass is 10.0. The van der Waals surface area contributed by atoms with Crippen molar-refractivity contribution in [2.75, 3.05) is 31.1 Å². The summed E-state index contributed by atoms with van der Waals surface area (Å²) in [5, 5.41) is 9.25. The van der Waals surface area contributed by atoms with Crippen molar-refractivity contribution in [1.29, 1.82) is 5.26 Å². The molecule has 0 bridgehead atoms. The Morgan fingerprint density at radius 1 is 1.38 bits per heavy atom. The van der Waals surface area contributed by atoms with Crippen molar-refractivity contribution in [2.45, 2.75) is 25.2 Å². The van der Waals surface area contributed by atoms with Crippen LogP contribution in [0.3, 0.4) is 0 Å². The van der Waals surface area contributed by atoms with Crippen LogP contribution in [-0.4, -0.2) is 47.9 Å². The molecule has 24 heavy (non-hydrogen) atoms. The van der Waals surface area contributed by atoms with Gasteiger partial charge in [-0.3, -0.25) is 4.79 Å². The summed E-state index contributed by atoms with van der Waals surface area (Å²) in [6.07, 6.45) is 1.75. The summed E-state index contributed by atoms with van der Waals surface area (Å²) in [5.74, 6) is -2.37. The number of carbonyl (C=O) groups is 1. The topological polar surface area (TPSA) is 60.2 Å². The van der Waals surface area contributed by atoms with Gasteiger partial charge >= 0.3 is 0 Å². The Hall–Kier alpha value is -1.75. The van der Waals surface area contributed by atoms with Gasteiger partial charge in [0.25, 0.3) is 5.92 Å². The van der Waals surface area contributed by atoms with E-state index in [0.717, 1.165) is 4.47 Å². The third-order valence-electron chi connectivity index (χ3n) is 4.60. The van der Waals surface area contributed by atoms with Crippen LogP contribution in [0.4, 0.5) is 14.6 Å². The Balaban J connectivity index is 1.66. The summed E-state index contributed by atoms with van der Waals surface area (Å²) >= 11 is 3.29. The Labute approximate surface area is 147 Å². The number of alkyl halides is 2. The average molecular weight is 399 g/mol. The normalized spacial score (nSPS) is 23.2. The minimum Gasteiger partial charge on any atom is -0.355 e. The Morgan fingerprint density at radius 3 is 2.75 bits per heavy atom. The number of amides is 1. The Kier molecular flexibility index (Phi) is 4.72. The lowest BCUT2D eigenvalue weighted by Gasteiger charge is -2.33. The first-order valence-corrected chi connectivity index (χ1v) is 8.66. The molecule has 2 saturated heterocycles. The minimum absolute atomic E-state index is 0.0661. The van der Waals surface area contributed by atoms with Gasteiger partial charge in [-0.05, 0) is 28.4 Å². The highest BCUT2D eigenvalue weighted by molar-refractivity contribution is 9.10. The summed E-state index contributed by atoms with van der Waals surface area (Å²) in [6, 6.07) is 3.82. The molecule has 1 amide bonds. The number of hydrogen-bond acceptors (Lipinski definition) is 4. The number of aromatic nitrogens is 1. The van der Waals surface area contributed by atoms with E-state index in [0.29, 0.717) is 30.9 Å². The molecule has 0 spiro atoms. The summed E-state index contributed by atoms with van der Waals surface area (Å²) in [7, 11) is 0. The first kappa shape index (κ1) is 17.1. The standard InChI is InChI=1S/C16H17BrF2N4O/c17-13-7-12(8-20)14(21-9-13)23-4-1-11(10-23)15(24)22-5-2-16(18,19)3-6-22/h7,9,11H,1-6,10H2. The molecule has 1 atom stereocenters. The molecule has 2 aliphatic heterocycles. The number of carbonyl (C=O) groups excluding carboxylic acids is 1. The quantitative estimate of drug-likeness (QED) is 0.768. The molecule has 3 rings (SSSR count). The number of piperidine rings is 1. The number of nitrogens with zero attached hydrogens (tertiary/aromatic N) is 4. The van der Waals surface area contributed by atoms with E-state index in [1.807, 2.05) is 4.90 Å². The maximum Gasteiger partial charge on any atom is 0.251 e. The molecule has 1 aromatic heterocycles. The molecule has 2 aliphatic rings. The van der Waals surface area contributed by atoms with Gasteiger partial charge < -0.3 is 9.80 Å². The zero-order valence-corrected chi connectivity index (χ0v) is 14.6. The molecule has 0 aromatic carbocycles. The second-order valence-electron chi connectivity index (χ2n) is 6.25. The smallest absolute Gasteiger partial charge is 0.251 e. The van der Waals surface area contributed by atoms with Crippen molar-refractivity contribution in [3.63, 3.8) is 0 Å². The maximum atomic E-state index is 13.2. The molecule has 128 valence electrons. The highest BCUT2D eigenvalue weighted by Gasteiger charge is 2.39. The van der Waals surface area contributed by atoms with Crippen LogP contribution in [0.15, 0.2) is 16.7 Å². The van der Waals surface area contributed by atoms with Crippen LogP contribution < -0.4 is 4.90 Å². The molecule has 5 nitrogen and oxygen atoms in total. The van der Waals surface area contributed by atoms with Gasteiger partial charge in [-0.25, -0.2) is 13.8 Å². The van der Waals surface area contributed by atoms with Crippen molar-refractivity contribution in [1.82, 2.24) is 9.88 Å². The lowest BCUT2D eigenvalue weighted by Crippen LogP contribution is -2.45. The van der Waals surface area contributed by atoms with E-state index < -0.39 is 5.92 Å². The van der Waals surface area contributed by atoms with E-state index in [1.165, 1.54) is 0 Å². The van der Waals surface area contributed by atoms with E-state index in [4.69, 9.17) is 0 Å². The van der Waals surface area contributed by atoms with Gasteiger partial charge in [-0.1, -0.05) is 0 Å². The van der Waals surface area contributed by atoms with Crippen LogP contribution >= 0.6 is 15.9 Å². The molecular formula is C16H17BrF2N4O. The molecular weight excluding hydrogens is 382 g/mol. The molecule has 0 radical (unpaired) electrons. The van der Waals surface area contributed by atoms with Crippen molar-refractivity contribution in [2.24, 2.45) is 5.92 Å². The maximum absolute atomic E-state index is 13.2. The zero-order valence-electron chi connectivity index (χ0n) is 13.0. The van der Waals surface area contributed by atoms with Crippen LogP contribution in [0.1, 0.15) is 24.8 Å². The van der Waals surface area contributed by atoms with E-state index in [9.17, 15) is 18.8 Å². The largest absolute Gasteiger partial charge is 0.355 e. The van der Waals surface area contributed by atoms with Gasteiger partial charge in [0.05, 0.1) is 11.5 Å². The van der Waals surface area contributed by atoms with Crippen molar-refractivity contribution < 1.29 is 13.6 Å². The van der Waals surface area contributed by atoms with E-state index >= 15 is 0 Å². The molecule has 0 aliphatic carbocycles. The Bertz CT molecular complexity index is 681. The minimum atomic E-state index is -2.65. The molecule has 1 unspecified atom stereocenters. The van der Waals surface area contributed by atoms with Gasteiger partial charge in [0.1, 0.15) is 11.9 Å². The number of anilines is 1. The number of nitriles is 1. The van der Waals surface area contributed by atoms with Crippen LogP contribution in [0.2, 0.25) is 0 Å². The van der Waals surface area contributed by atoms with Crippen LogP contribution in [0.5, 0.6) is 0 Å². The van der Waals surface area contributed by atoms with Crippen molar-refractivity contribution in [3.05, 3.63) is 22.3 Å².